The van der Waals surface area contributed by atoms with Crippen LogP contribution in [0.15, 0.2) is 72.8 Å². The van der Waals surface area contributed by atoms with Gasteiger partial charge >= 0.3 is 5.97 Å². The molecule has 3 heterocycles. The number of hydrogen-bond donors (Lipinski definition) is 2. The van der Waals surface area contributed by atoms with E-state index in [0.29, 0.717) is 33.8 Å². The third-order valence-electron chi connectivity index (χ3n) is 5.44. The maximum Gasteiger partial charge on any atom is 0.340 e. The number of aromatic hydroxyl groups is 2. The van der Waals surface area contributed by atoms with Crippen molar-refractivity contribution in [3.05, 3.63) is 95.1 Å². The number of hydrogen-bond acceptors (Lipinski definition) is 7. The molecule has 0 radical (unpaired) electrons. The van der Waals surface area contributed by atoms with E-state index in [-0.39, 0.29) is 23.3 Å². The van der Waals surface area contributed by atoms with Crippen LogP contribution < -0.4 is 4.74 Å². The number of halogens is 1. The summed E-state index contributed by atoms with van der Waals surface area (Å²) in [6.45, 7) is 0. The molecule has 0 saturated heterocycles. The molecule has 0 aliphatic carbocycles. The Morgan fingerprint density at radius 3 is 1.82 bits per heavy atom. The average Bonchev–Trinajstić information content (AvgIpc) is 3.25. The van der Waals surface area contributed by atoms with E-state index in [1.54, 1.807) is 24.3 Å². The molecule has 3 aromatic rings. The molecule has 0 aromatic heterocycles. The molecule has 0 fully saturated rings. The highest BCUT2D eigenvalue weighted by atomic mass is 79.9. The first-order chi connectivity index (χ1) is 15.8. The zero-order valence-corrected chi connectivity index (χ0v) is 18.3. The quantitative estimate of drug-likeness (QED) is 0.269. The van der Waals surface area contributed by atoms with Gasteiger partial charge in [-0.05, 0) is 30.3 Å². The third kappa shape index (κ3) is 3.16. The SMILES string of the molecule is O=C1C=CC(=O)N1Br.O=C1OC2(c3ccc(O)cc3Oc3cc(O)ccc32)c2ccccc21. The van der Waals surface area contributed by atoms with Crippen molar-refractivity contribution in [1.29, 1.82) is 0 Å². The topological polar surface area (TPSA) is 113 Å². The zero-order valence-electron chi connectivity index (χ0n) is 16.7. The van der Waals surface area contributed by atoms with Gasteiger partial charge in [0.05, 0.1) is 21.7 Å². The van der Waals surface area contributed by atoms with E-state index in [9.17, 15) is 24.6 Å². The van der Waals surface area contributed by atoms with Gasteiger partial charge in [0.1, 0.15) is 23.0 Å². The number of rotatable bonds is 0. The van der Waals surface area contributed by atoms with Crippen LogP contribution in [0.2, 0.25) is 0 Å². The highest BCUT2D eigenvalue weighted by molar-refractivity contribution is 9.08. The Morgan fingerprint density at radius 1 is 0.758 bits per heavy atom. The number of esters is 1. The fourth-order valence-corrected chi connectivity index (χ4v) is 4.27. The van der Waals surface area contributed by atoms with Crippen LogP contribution in [0.1, 0.15) is 27.0 Å². The van der Waals surface area contributed by atoms with Crippen molar-refractivity contribution in [3.8, 4) is 23.0 Å². The van der Waals surface area contributed by atoms with Crippen LogP contribution in [0.4, 0.5) is 0 Å². The lowest BCUT2D eigenvalue weighted by Gasteiger charge is -2.36. The number of amides is 2. The molecule has 0 saturated carbocycles. The number of nitrogens with zero attached hydrogens (tertiary/aromatic N) is 1. The number of carbonyl (C=O) groups is 3. The summed E-state index contributed by atoms with van der Waals surface area (Å²) in [5, 5.41) is 19.7. The molecule has 3 aliphatic rings. The van der Waals surface area contributed by atoms with Crippen molar-refractivity contribution >= 4 is 33.9 Å². The Morgan fingerprint density at radius 2 is 1.30 bits per heavy atom. The fraction of sp³-hybridized carbons (Fsp3) is 0.0417. The highest BCUT2D eigenvalue weighted by Crippen LogP contribution is 2.56. The second-order valence-electron chi connectivity index (χ2n) is 7.37. The summed E-state index contributed by atoms with van der Waals surface area (Å²) in [4.78, 5) is 33.2. The van der Waals surface area contributed by atoms with Crippen LogP contribution >= 0.6 is 16.1 Å². The molecular weight excluding hydrogens is 494 g/mol. The molecule has 1 spiro atoms. The molecule has 0 bridgehead atoms. The minimum absolute atomic E-state index is 0.0371. The molecule has 0 atom stereocenters. The smallest absolute Gasteiger partial charge is 0.340 e. The molecule has 2 amide bonds. The van der Waals surface area contributed by atoms with E-state index in [4.69, 9.17) is 9.47 Å². The Balaban J connectivity index is 0.000000243. The summed E-state index contributed by atoms with van der Waals surface area (Å²) in [6.07, 6.45) is 2.41. The van der Waals surface area contributed by atoms with Gasteiger partial charge in [-0.1, -0.05) is 18.2 Å². The Labute approximate surface area is 195 Å². The fourth-order valence-electron chi connectivity index (χ4n) is 4.04. The van der Waals surface area contributed by atoms with Crippen LogP contribution in [0, 0.1) is 0 Å². The number of imide groups is 1. The van der Waals surface area contributed by atoms with E-state index in [2.05, 4.69) is 16.1 Å². The molecular formula is C24H14BrNO7. The molecule has 33 heavy (non-hydrogen) atoms. The summed E-state index contributed by atoms with van der Waals surface area (Å²) in [7, 11) is 0. The van der Waals surface area contributed by atoms with E-state index < -0.39 is 11.6 Å². The number of fused-ring (bicyclic) bond motifs is 6. The lowest BCUT2D eigenvalue weighted by molar-refractivity contribution is -0.129. The summed E-state index contributed by atoms with van der Waals surface area (Å²) < 4.78 is 12.6. The van der Waals surface area contributed by atoms with Gasteiger partial charge in [0.2, 0.25) is 0 Å². The van der Waals surface area contributed by atoms with Gasteiger partial charge < -0.3 is 19.7 Å². The second kappa shape index (κ2) is 7.49. The van der Waals surface area contributed by atoms with Gasteiger partial charge in [-0.15, -0.1) is 0 Å². The predicted octanol–water partition coefficient (Wildman–Crippen LogP) is 3.89. The van der Waals surface area contributed by atoms with Crippen LogP contribution in [0.3, 0.4) is 0 Å². The minimum atomic E-state index is -1.17. The van der Waals surface area contributed by atoms with Crippen LogP contribution in [-0.2, 0) is 19.9 Å². The average molecular weight is 508 g/mol. The highest BCUT2D eigenvalue weighted by Gasteiger charge is 2.53. The Hall–Kier alpha value is -4.11. The van der Waals surface area contributed by atoms with E-state index >= 15 is 0 Å². The first kappa shape index (κ1) is 20.8. The Kier molecular flexibility index (Phi) is 4.71. The number of phenolic OH excluding ortho intramolecular Hbond substituents is 2. The van der Waals surface area contributed by atoms with E-state index in [1.807, 2.05) is 12.1 Å². The van der Waals surface area contributed by atoms with Gasteiger partial charge in [-0.25, -0.2) is 8.72 Å². The van der Waals surface area contributed by atoms with Gasteiger partial charge in [0.25, 0.3) is 11.8 Å². The number of phenols is 2. The molecule has 9 heteroatoms. The lowest BCUT2D eigenvalue weighted by Crippen LogP contribution is -2.32. The second-order valence-corrected chi connectivity index (χ2v) is 8.08. The van der Waals surface area contributed by atoms with Crippen molar-refractivity contribution in [1.82, 2.24) is 3.93 Å². The summed E-state index contributed by atoms with van der Waals surface area (Å²) >= 11 is 2.74. The maximum absolute atomic E-state index is 12.5. The number of ether oxygens (including phenoxy) is 2. The zero-order chi connectivity index (χ0) is 23.3. The van der Waals surface area contributed by atoms with Crippen molar-refractivity contribution in [2.45, 2.75) is 5.60 Å². The van der Waals surface area contributed by atoms with Gasteiger partial charge in [0.15, 0.2) is 5.60 Å². The standard InChI is InChI=1S/C20H12O5.C4H2BrNO2/c21-11-5-7-15-17(9-11)24-18-10-12(22)6-8-16(18)20(15)14-4-2-1-3-13(14)19(23)25-20;5-6-3(7)1-2-4(6)8/h1-10,21-22H;1-2H. The predicted molar refractivity (Wildman–Crippen MR) is 118 cm³/mol. The summed E-state index contributed by atoms with van der Waals surface area (Å²) in [5.41, 5.74) is 1.28. The third-order valence-corrected chi connectivity index (χ3v) is 6.14. The molecule has 2 N–H and O–H groups in total. The van der Waals surface area contributed by atoms with Gasteiger partial charge in [-0.2, -0.15) is 0 Å². The van der Waals surface area contributed by atoms with Crippen molar-refractivity contribution in [2.75, 3.05) is 0 Å². The van der Waals surface area contributed by atoms with Crippen LogP contribution in [0.25, 0.3) is 0 Å². The van der Waals surface area contributed by atoms with E-state index in [1.165, 1.54) is 36.4 Å². The molecule has 164 valence electrons. The molecule has 3 aliphatic heterocycles. The van der Waals surface area contributed by atoms with Gasteiger partial charge in [0, 0.05) is 41.0 Å². The summed E-state index contributed by atoms with van der Waals surface area (Å²) in [5.74, 6) is -0.240. The van der Waals surface area contributed by atoms with Crippen LogP contribution in [-0.4, -0.2) is 31.9 Å². The lowest BCUT2D eigenvalue weighted by atomic mass is 9.77. The molecule has 8 nitrogen and oxygen atoms in total. The molecule has 0 unspecified atom stereocenters. The molecule has 6 rings (SSSR count). The minimum Gasteiger partial charge on any atom is -0.508 e. The first-order valence-electron chi connectivity index (χ1n) is 9.71. The van der Waals surface area contributed by atoms with Crippen molar-refractivity contribution in [3.63, 3.8) is 0 Å². The number of benzene rings is 3. The largest absolute Gasteiger partial charge is 0.508 e. The normalized spacial score (nSPS) is 16.4. The van der Waals surface area contributed by atoms with Crippen LogP contribution in [0.5, 0.6) is 23.0 Å². The number of carbonyl (C=O) groups excluding carboxylic acids is 3. The first-order valence-corrected chi connectivity index (χ1v) is 10.4. The van der Waals surface area contributed by atoms with Crippen molar-refractivity contribution in [2.24, 2.45) is 0 Å². The monoisotopic (exact) mass is 507 g/mol. The van der Waals surface area contributed by atoms with E-state index in [0.717, 1.165) is 3.93 Å². The molecule has 3 aromatic carbocycles. The van der Waals surface area contributed by atoms with Crippen molar-refractivity contribution < 1.29 is 34.1 Å². The Bertz CT molecular complexity index is 1310. The van der Waals surface area contributed by atoms with Gasteiger partial charge in [-0.3, -0.25) is 9.59 Å². The maximum atomic E-state index is 12.5. The summed E-state index contributed by atoms with van der Waals surface area (Å²) in [6, 6.07) is 16.6.